The molecular formula is C14H17F2NO. The van der Waals surface area contributed by atoms with Gasteiger partial charge in [0.2, 0.25) is 0 Å². The molecule has 0 N–H and O–H groups in total. The lowest BCUT2D eigenvalue weighted by Gasteiger charge is -2.24. The fraction of sp³-hybridized carbons (Fsp3) is 0.500. The molecule has 18 heavy (non-hydrogen) atoms. The van der Waals surface area contributed by atoms with Gasteiger partial charge in [-0.3, -0.25) is 4.79 Å². The zero-order chi connectivity index (χ0) is 13.3. The molecule has 1 saturated carbocycles. The average molecular weight is 253 g/mol. The van der Waals surface area contributed by atoms with Gasteiger partial charge >= 0.3 is 0 Å². The second-order valence-electron chi connectivity index (χ2n) is 5.21. The summed E-state index contributed by atoms with van der Waals surface area (Å²) in [5.74, 6) is -1.33. The number of halogens is 2. The summed E-state index contributed by atoms with van der Waals surface area (Å²) in [4.78, 5) is 13.9. The molecule has 0 saturated heterocycles. The molecule has 2 rings (SSSR count). The van der Waals surface area contributed by atoms with E-state index < -0.39 is 17.5 Å². The third-order valence-electron chi connectivity index (χ3n) is 2.97. The van der Waals surface area contributed by atoms with Gasteiger partial charge in [-0.15, -0.1) is 0 Å². The Kier molecular flexibility index (Phi) is 3.64. The van der Waals surface area contributed by atoms with Crippen LogP contribution in [0.3, 0.4) is 0 Å². The topological polar surface area (TPSA) is 20.3 Å². The van der Waals surface area contributed by atoms with Gasteiger partial charge in [0.15, 0.2) is 0 Å². The molecule has 0 heterocycles. The van der Waals surface area contributed by atoms with Crippen LogP contribution in [0.5, 0.6) is 0 Å². The van der Waals surface area contributed by atoms with Crippen LogP contribution in [0.2, 0.25) is 0 Å². The third-order valence-corrected chi connectivity index (χ3v) is 2.97. The first-order valence-corrected chi connectivity index (χ1v) is 6.25. The molecule has 1 aliphatic rings. The van der Waals surface area contributed by atoms with Gasteiger partial charge < -0.3 is 4.90 Å². The Labute approximate surface area is 106 Å². The van der Waals surface area contributed by atoms with Crippen LogP contribution in [0.25, 0.3) is 0 Å². The van der Waals surface area contributed by atoms with Crippen molar-refractivity contribution >= 4 is 5.91 Å². The van der Waals surface area contributed by atoms with Crippen LogP contribution in [0.4, 0.5) is 8.78 Å². The maximum atomic E-state index is 13.6. The molecule has 0 radical (unpaired) electrons. The van der Waals surface area contributed by atoms with E-state index in [1.807, 2.05) is 13.8 Å². The van der Waals surface area contributed by atoms with Crippen molar-refractivity contribution in [3.05, 3.63) is 35.4 Å². The van der Waals surface area contributed by atoms with Crippen LogP contribution in [-0.4, -0.2) is 23.4 Å². The van der Waals surface area contributed by atoms with Gasteiger partial charge in [-0.2, -0.15) is 0 Å². The van der Waals surface area contributed by atoms with Gasteiger partial charge in [0.05, 0.1) is 5.56 Å². The molecule has 4 heteroatoms. The molecule has 0 unspecified atom stereocenters. The predicted molar refractivity (Wildman–Crippen MR) is 65.3 cm³/mol. The molecule has 0 aromatic heterocycles. The SMILES string of the molecule is CC(C)CN(C(=O)c1cc(F)ccc1F)C1CC1. The number of rotatable bonds is 4. The monoisotopic (exact) mass is 253 g/mol. The summed E-state index contributed by atoms with van der Waals surface area (Å²) in [6.45, 7) is 4.59. The quantitative estimate of drug-likeness (QED) is 0.806. The normalized spacial score (nSPS) is 14.9. The summed E-state index contributed by atoms with van der Waals surface area (Å²) in [5, 5.41) is 0. The number of hydrogen-bond donors (Lipinski definition) is 0. The fourth-order valence-corrected chi connectivity index (χ4v) is 1.99. The van der Waals surface area contributed by atoms with E-state index in [0.29, 0.717) is 12.5 Å². The van der Waals surface area contributed by atoms with Crippen molar-refractivity contribution in [2.45, 2.75) is 32.7 Å². The highest BCUT2D eigenvalue weighted by Gasteiger charge is 2.34. The molecule has 0 bridgehead atoms. The standard InChI is InChI=1S/C14H17F2NO/c1-9(2)8-17(11-4-5-11)14(18)12-7-10(15)3-6-13(12)16/h3,6-7,9,11H,4-5,8H2,1-2H3. The Bertz CT molecular complexity index is 455. The molecule has 1 aromatic carbocycles. The first-order chi connectivity index (χ1) is 8.49. The van der Waals surface area contributed by atoms with Gasteiger partial charge in [-0.25, -0.2) is 8.78 Å². The van der Waals surface area contributed by atoms with E-state index in [0.717, 1.165) is 31.0 Å². The predicted octanol–water partition coefficient (Wildman–Crippen LogP) is 3.23. The van der Waals surface area contributed by atoms with Gasteiger partial charge in [-0.05, 0) is 37.0 Å². The molecule has 2 nitrogen and oxygen atoms in total. The average Bonchev–Trinajstić information content (AvgIpc) is 3.12. The molecule has 1 aliphatic carbocycles. The second kappa shape index (κ2) is 5.04. The lowest BCUT2D eigenvalue weighted by Crippen LogP contribution is -2.36. The smallest absolute Gasteiger partial charge is 0.257 e. The summed E-state index contributed by atoms with van der Waals surface area (Å²) in [6.07, 6.45) is 1.91. The van der Waals surface area contributed by atoms with Gasteiger partial charge in [-0.1, -0.05) is 13.8 Å². The Morgan fingerprint density at radius 1 is 1.39 bits per heavy atom. The van der Waals surface area contributed by atoms with Gasteiger partial charge in [0.1, 0.15) is 11.6 Å². The van der Waals surface area contributed by atoms with E-state index in [4.69, 9.17) is 0 Å². The Morgan fingerprint density at radius 3 is 2.61 bits per heavy atom. The summed E-state index contributed by atoms with van der Waals surface area (Å²) < 4.78 is 26.7. The molecule has 0 atom stereocenters. The summed E-state index contributed by atoms with van der Waals surface area (Å²) in [7, 11) is 0. The second-order valence-corrected chi connectivity index (χ2v) is 5.21. The van der Waals surface area contributed by atoms with Crippen molar-refractivity contribution in [1.29, 1.82) is 0 Å². The zero-order valence-corrected chi connectivity index (χ0v) is 10.6. The van der Waals surface area contributed by atoms with Crippen LogP contribution >= 0.6 is 0 Å². The van der Waals surface area contributed by atoms with Crippen LogP contribution in [0.1, 0.15) is 37.0 Å². The van der Waals surface area contributed by atoms with E-state index in [9.17, 15) is 13.6 Å². The molecule has 0 spiro atoms. The van der Waals surface area contributed by atoms with Crippen LogP contribution in [-0.2, 0) is 0 Å². The highest BCUT2D eigenvalue weighted by atomic mass is 19.1. The number of carbonyl (C=O) groups is 1. The highest BCUT2D eigenvalue weighted by molar-refractivity contribution is 5.94. The van der Waals surface area contributed by atoms with E-state index in [-0.39, 0.29) is 11.6 Å². The first kappa shape index (κ1) is 13.0. The molecule has 1 aromatic rings. The lowest BCUT2D eigenvalue weighted by atomic mass is 10.1. The summed E-state index contributed by atoms with van der Waals surface area (Å²) >= 11 is 0. The van der Waals surface area contributed by atoms with Gasteiger partial charge in [0.25, 0.3) is 5.91 Å². The lowest BCUT2D eigenvalue weighted by molar-refractivity contribution is 0.0717. The highest BCUT2D eigenvalue weighted by Crippen LogP contribution is 2.29. The third kappa shape index (κ3) is 2.86. The Morgan fingerprint density at radius 2 is 2.06 bits per heavy atom. The van der Waals surface area contributed by atoms with Crippen LogP contribution in [0, 0.1) is 17.6 Å². The fourth-order valence-electron chi connectivity index (χ4n) is 1.99. The van der Waals surface area contributed by atoms with Crippen molar-refractivity contribution in [3.8, 4) is 0 Å². The maximum absolute atomic E-state index is 13.6. The van der Waals surface area contributed by atoms with Crippen molar-refractivity contribution in [2.75, 3.05) is 6.54 Å². The molecule has 0 aliphatic heterocycles. The number of carbonyl (C=O) groups excluding carboxylic acids is 1. The number of hydrogen-bond acceptors (Lipinski definition) is 1. The van der Waals surface area contributed by atoms with Gasteiger partial charge in [0, 0.05) is 12.6 Å². The van der Waals surface area contributed by atoms with Crippen LogP contribution in [0.15, 0.2) is 18.2 Å². The van der Waals surface area contributed by atoms with Crippen LogP contribution < -0.4 is 0 Å². The minimum absolute atomic E-state index is 0.164. The van der Waals surface area contributed by atoms with E-state index in [1.165, 1.54) is 0 Å². The van der Waals surface area contributed by atoms with E-state index in [2.05, 4.69) is 0 Å². The minimum Gasteiger partial charge on any atom is -0.335 e. The first-order valence-electron chi connectivity index (χ1n) is 6.25. The maximum Gasteiger partial charge on any atom is 0.257 e. The van der Waals surface area contributed by atoms with E-state index >= 15 is 0 Å². The molecule has 1 amide bonds. The molecular weight excluding hydrogens is 236 g/mol. The minimum atomic E-state index is -0.657. The van der Waals surface area contributed by atoms with Crippen molar-refractivity contribution in [1.82, 2.24) is 4.90 Å². The zero-order valence-electron chi connectivity index (χ0n) is 10.6. The summed E-state index contributed by atoms with van der Waals surface area (Å²) in [5.41, 5.74) is -0.164. The van der Waals surface area contributed by atoms with Crippen molar-refractivity contribution in [2.24, 2.45) is 5.92 Å². The Hall–Kier alpha value is -1.45. The molecule has 1 fully saturated rings. The number of amides is 1. The Balaban J connectivity index is 2.24. The van der Waals surface area contributed by atoms with Crippen molar-refractivity contribution in [3.63, 3.8) is 0 Å². The number of nitrogens with zero attached hydrogens (tertiary/aromatic N) is 1. The number of benzene rings is 1. The molecule has 98 valence electrons. The van der Waals surface area contributed by atoms with E-state index in [1.54, 1.807) is 4.90 Å². The van der Waals surface area contributed by atoms with Crippen molar-refractivity contribution < 1.29 is 13.6 Å². The largest absolute Gasteiger partial charge is 0.335 e. The summed E-state index contributed by atoms with van der Waals surface area (Å²) in [6, 6.07) is 3.20.